The Kier molecular flexibility index (Phi) is 5.08. The van der Waals surface area contributed by atoms with Gasteiger partial charge in [0.25, 0.3) is 0 Å². The first kappa shape index (κ1) is 12.8. The van der Waals surface area contributed by atoms with Gasteiger partial charge in [-0.15, -0.1) is 0 Å². The van der Waals surface area contributed by atoms with Crippen molar-refractivity contribution in [3.8, 4) is 5.75 Å². The topological polar surface area (TPSA) is 55.8 Å². The van der Waals surface area contributed by atoms with Crippen LogP contribution in [0.2, 0.25) is 5.02 Å². The third-order valence-corrected chi connectivity index (χ3v) is 2.21. The second-order valence-electron chi connectivity index (χ2n) is 3.13. The van der Waals surface area contributed by atoms with Gasteiger partial charge >= 0.3 is 5.97 Å². The van der Waals surface area contributed by atoms with E-state index in [0.29, 0.717) is 10.8 Å². The maximum absolute atomic E-state index is 10.4. The van der Waals surface area contributed by atoms with Crippen LogP contribution in [0.1, 0.15) is 6.92 Å². The molecule has 4 nitrogen and oxygen atoms in total. The normalized spacial score (nSPS) is 12.1. The number of aliphatic carboxylic acids is 1. The average molecular weight is 245 g/mol. The van der Waals surface area contributed by atoms with Crippen molar-refractivity contribution in [1.29, 1.82) is 0 Å². The number of benzene rings is 1. The minimum Gasteiger partial charge on any atom is -0.490 e. The van der Waals surface area contributed by atoms with Crippen molar-refractivity contribution in [2.75, 3.05) is 13.2 Å². The van der Waals surface area contributed by atoms with Crippen molar-refractivity contribution in [3.05, 3.63) is 29.3 Å². The summed E-state index contributed by atoms with van der Waals surface area (Å²) in [4.78, 5) is 10.4. The SMILES string of the molecule is CC(OCCOc1ccccc1Cl)C(=O)O. The standard InChI is InChI=1S/C11H13ClO4/c1-8(11(13)14)15-6-7-16-10-5-3-2-4-9(10)12/h2-5,8H,6-7H2,1H3,(H,13,14). The van der Waals surface area contributed by atoms with Crippen molar-refractivity contribution in [2.24, 2.45) is 0 Å². The zero-order valence-corrected chi connectivity index (χ0v) is 9.61. The third-order valence-electron chi connectivity index (χ3n) is 1.89. The highest BCUT2D eigenvalue weighted by Gasteiger charge is 2.10. The molecular weight excluding hydrogens is 232 g/mol. The highest BCUT2D eigenvalue weighted by Crippen LogP contribution is 2.22. The first-order valence-corrected chi connectivity index (χ1v) is 5.21. The molecule has 0 bridgehead atoms. The summed E-state index contributed by atoms with van der Waals surface area (Å²) in [6, 6.07) is 7.07. The summed E-state index contributed by atoms with van der Waals surface area (Å²) < 4.78 is 10.3. The van der Waals surface area contributed by atoms with Crippen LogP contribution in [0, 0.1) is 0 Å². The molecule has 5 heteroatoms. The highest BCUT2D eigenvalue weighted by molar-refractivity contribution is 6.32. The number of para-hydroxylation sites is 1. The van der Waals surface area contributed by atoms with Crippen molar-refractivity contribution in [3.63, 3.8) is 0 Å². The summed E-state index contributed by atoms with van der Waals surface area (Å²) in [6.07, 6.45) is -0.824. The molecule has 16 heavy (non-hydrogen) atoms. The number of carboxylic acid groups (broad SMARTS) is 1. The minimum atomic E-state index is -0.988. The van der Waals surface area contributed by atoms with Crippen LogP contribution in [0.5, 0.6) is 5.75 Å². The van der Waals surface area contributed by atoms with Crippen molar-refractivity contribution < 1.29 is 19.4 Å². The Morgan fingerprint density at radius 3 is 2.75 bits per heavy atom. The van der Waals surface area contributed by atoms with E-state index < -0.39 is 12.1 Å². The van der Waals surface area contributed by atoms with E-state index in [1.165, 1.54) is 6.92 Å². The number of carboxylic acids is 1. The Morgan fingerprint density at radius 1 is 1.44 bits per heavy atom. The Hall–Kier alpha value is -1.26. The average Bonchev–Trinajstić information content (AvgIpc) is 2.26. The second-order valence-corrected chi connectivity index (χ2v) is 3.54. The van der Waals surface area contributed by atoms with Gasteiger partial charge in [0.05, 0.1) is 11.6 Å². The zero-order valence-electron chi connectivity index (χ0n) is 8.85. The second kappa shape index (κ2) is 6.35. The Morgan fingerprint density at radius 2 is 2.12 bits per heavy atom. The number of halogens is 1. The molecule has 88 valence electrons. The lowest BCUT2D eigenvalue weighted by Gasteiger charge is -2.10. The predicted octanol–water partition coefficient (Wildman–Crippen LogP) is 2.21. The predicted molar refractivity (Wildman–Crippen MR) is 60.0 cm³/mol. The quantitative estimate of drug-likeness (QED) is 0.780. The van der Waals surface area contributed by atoms with Crippen molar-refractivity contribution >= 4 is 17.6 Å². The van der Waals surface area contributed by atoms with E-state index in [2.05, 4.69) is 0 Å². The lowest BCUT2D eigenvalue weighted by Crippen LogP contribution is -2.22. The first-order chi connectivity index (χ1) is 7.61. The van der Waals surface area contributed by atoms with Gasteiger partial charge in [-0.3, -0.25) is 0 Å². The third kappa shape index (κ3) is 4.08. The zero-order chi connectivity index (χ0) is 12.0. The van der Waals surface area contributed by atoms with Gasteiger partial charge in [-0.25, -0.2) is 4.79 Å². The molecule has 0 amide bonds. The van der Waals surface area contributed by atoms with Gasteiger partial charge in [0.1, 0.15) is 12.4 Å². The van der Waals surface area contributed by atoms with Crippen LogP contribution >= 0.6 is 11.6 Å². The van der Waals surface area contributed by atoms with E-state index in [1.54, 1.807) is 18.2 Å². The van der Waals surface area contributed by atoms with E-state index >= 15 is 0 Å². The molecule has 1 aromatic rings. The number of rotatable bonds is 6. The van der Waals surface area contributed by atoms with Gasteiger partial charge in [0.2, 0.25) is 0 Å². The molecule has 0 spiro atoms. The fraction of sp³-hybridized carbons (Fsp3) is 0.364. The Balaban J connectivity index is 2.26. The molecule has 0 aliphatic heterocycles. The van der Waals surface area contributed by atoms with E-state index in [0.717, 1.165) is 0 Å². The Labute approximate surface area is 98.7 Å². The molecule has 0 fully saturated rings. The maximum atomic E-state index is 10.4. The molecule has 0 saturated heterocycles. The summed E-state index contributed by atoms with van der Waals surface area (Å²) in [5.41, 5.74) is 0. The van der Waals surface area contributed by atoms with Crippen LogP contribution in [0.15, 0.2) is 24.3 Å². The fourth-order valence-electron chi connectivity index (χ4n) is 1.01. The van der Waals surface area contributed by atoms with E-state index in [-0.39, 0.29) is 13.2 Å². The number of hydrogen-bond acceptors (Lipinski definition) is 3. The van der Waals surface area contributed by atoms with Gasteiger partial charge in [0, 0.05) is 0 Å². The van der Waals surface area contributed by atoms with Crippen LogP contribution < -0.4 is 4.74 Å². The van der Waals surface area contributed by atoms with Gasteiger partial charge in [-0.2, -0.15) is 0 Å². The first-order valence-electron chi connectivity index (χ1n) is 4.83. The fourth-order valence-corrected chi connectivity index (χ4v) is 1.20. The van der Waals surface area contributed by atoms with Crippen LogP contribution in [0.4, 0.5) is 0 Å². The molecule has 1 rings (SSSR count). The minimum absolute atomic E-state index is 0.207. The smallest absolute Gasteiger partial charge is 0.332 e. The Bertz CT molecular complexity index is 354. The number of ether oxygens (including phenoxy) is 2. The summed E-state index contributed by atoms with van der Waals surface area (Å²) in [6.45, 7) is 1.94. The molecule has 1 N–H and O–H groups in total. The van der Waals surface area contributed by atoms with Crippen LogP contribution in [-0.2, 0) is 9.53 Å². The molecule has 0 aliphatic rings. The number of carbonyl (C=O) groups is 1. The molecule has 0 radical (unpaired) electrons. The van der Waals surface area contributed by atoms with Crippen LogP contribution in [0.25, 0.3) is 0 Å². The largest absolute Gasteiger partial charge is 0.490 e. The summed E-state index contributed by atoms with van der Waals surface area (Å²) in [5, 5.41) is 9.08. The van der Waals surface area contributed by atoms with Crippen LogP contribution in [0.3, 0.4) is 0 Å². The van der Waals surface area contributed by atoms with Gasteiger partial charge in [-0.1, -0.05) is 23.7 Å². The van der Waals surface area contributed by atoms with E-state index in [1.807, 2.05) is 6.07 Å². The highest BCUT2D eigenvalue weighted by atomic mass is 35.5. The van der Waals surface area contributed by atoms with Gasteiger partial charge in [0.15, 0.2) is 6.10 Å². The monoisotopic (exact) mass is 244 g/mol. The summed E-state index contributed by atoms with van der Waals surface area (Å²) in [7, 11) is 0. The number of hydrogen-bond donors (Lipinski definition) is 1. The van der Waals surface area contributed by atoms with Gasteiger partial charge < -0.3 is 14.6 Å². The summed E-state index contributed by atoms with van der Waals surface area (Å²) >= 11 is 5.86. The molecule has 1 atom stereocenters. The van der Waals surface area contributed by atoms with Gasteiger partial charge in [-0.05, 0) is 19.1 Å². The molecule has 0 heterocycles. The molecule has 0 aromatic heterocycles. The molecule has 1 unspecified atom stereocenters. The molecular formula is C11H13ClO4. The van der Waals surface area contributed by atoms with Crippen molar-refractivity contribution in [2.45, 2.75) is 13.0 Å². The molecule has 0 aliphatic carbocycles. The lowest BCUT2D eigenvalue weighted by molar-refractivity contribution is -0.149. The van der Waals surface area contributed by atoms with Crippen LogP contribution in [-0.4, -0.2) is 30.4 Å². The van der Waals surface area contributed by atoms with E-state index in [4.69, 9.17) is 26.2 Å². The maximum Gasteiger partial charge on any atom is 0.332 e. The molecule has 0 saturated carbocycles. The van der Waals surface area contributed by atoms with Crippen molar-refractivity contribution in [1.82, 2.24) is 0 Å². The summed E-state index contributed by atoms with van der Waals surface area (Å²) in [5.74, 6) is -0.423. The molecule has 1 aromatic carbocycles. The van der Waals surface area contributed by atoms with E-state index in [9.17, 15) is 4.79 Å². The lowest BCUT2D eigenvalue weighted by atomic mass is 10.3.